The largest absolute Gasteiger partial charge is 0.545 e. The molecule has 1 aliphatic carbocycles. The molecule has 70 valence electrons. The molecule has 0 aromatic heterocycles. The number of aliphatic hydroxyl groups excluding tert-OH is 2. The predicted octanol–water partition coefficient (Wildman–Crippen LogP) is 0.196. The van der Waals surface area contributed by atoms with Crippen LogP contribution in [0, 0.1) is 5.92 Å². The van der Waals surface area contributed by atoms with E-state index in [-0.39, 0.29) is 23.9 Å². The summed E-state index contributed by atoms with van der Waals surface area (Å²) in [5.74, 6) is -1.77. The molecule has 4 heteroatoms. The topological polar surface area (TPSA) is 80.6 Å². The first kappa shape index (κ1) is 9.38. The van der Waals surface area contributed by atoms with Crippen molar-refractivity contribution in [3.8, 4) is 0 Å². The quantitative estimate of drug-likeness (QED) is 0.596. The summed E-state index contributed by atoms with van der Waals surface area (Å²) in [4.78, 5) is 10.0. The molecule has 1 unspecified atom stereocenters. The van der Waals surface area contributed by atoms with E-state index < -0.39 is 5.97 Å². The summed E-state index contributed by atoms with van der Waals surface area (Å²) in [7, 11) is 0. The number of allylic oxidation sites excluding steroid dienone is 4. The number of rotatable bonds is 2. The molecular weight excluding hydrogens is 172 g/mol. The summed E-state index contributed by atoms with van der Waals surface area (Å²) in [5.41, 5.74) is 0. The third-order valence-electron chi connectivity index (χ3n) is 1.71. The fraction of sp³-hybridized carbons (Fsp3) is 0.222. The summed E-state index contributed by atoms with van der Waals surface area (Å²) < 4.78 is 0. The van der Waals surface area contributed by atoms with E-state index in [1.807, 2.05) is 0 Å². The van der Waals surface area contributed by atoms with Gasteiger partial charge in [-0.2, -0.15) is 0 Å². The van der Waals surface area contributed by atoms with Gasteiger partial charge in [0.05, 0.1) is 5.97 Å². The Balaban J connectivity index is 2.61. The first-order valence-electron chi connectivity index (χ1n) is 3.78. The maximum Gasteiger partial charge on any atom is 0.152 e. The molecule has 4 nitrogen and oxygen atoms in total. The molecule has 0 radical (unpaired) electrons. The van der Waals surface area contributed by atoms with Gasteiger partial charge in [0.25, 0.3) is 0 Å². The zero-order valence-electron chi connectivity index (χ0n) is 6.80. The van der Waals surface area contributed by atoms with Crippen LogP contribution in [-0.4, -0.2) is 16.2 Å². The second kappa shape index (κ2) is 3.80. The van der Waals surface area contributed by atoms with Crippen molar-refractivity contribution < 1.29 is 20.1 Å². The minimum atomic E-state index is -1.27. The molecule has 2 N–H and O–H groups in total. The zero-order valence-corrected chi connectivity index (χ0v) is 6.80. The van der Waals surface area contributed by atoms with Gasteiger partial charge in [0.1, 0.15) is 5.76 Å². The molecule has 0 heterocycles. The maximum absolute atomic E-state index is 10.0. The smallest absolute Gasteiger partial charge is 0.152 e. The predicted molar refractivity (Wildman–Crippen MR) is 43.7 cm³/mol. The Kier molecular flexibility index (Phi) is 2.74. The van der Waals surface area contributed by atoms with E-state index in [2.05, 4.69) is 0 Å². The summed E-state index contributed by atoms with van der Waals surface area (Å²) >= 11 is 0. The van der Waals surface area contributed by atoms with Gasteiger partial charge in [-0.1, -0.05) is 12.2 Å². The number of aliphatic hydroxyl groups is 2. The third kappa shape index (κ3) is 2.66. The Bertz CT molecular complexity index is 297. The van der Waals surface area contributed by atoms with Gasteiger partial charge >= 0.3 is 0 Å². The Labute approximate surface area is 75.1 Å². The van der Waals surface area contributed by atoms with Crippen LogP contribution < -0.4 is 5.11 Å². The van der Waals surface area contributed by atoms with Gasteiger partial charge < -0.3 is 20.1 Å². The molecule has 1 rings (SSSR count). The molecule has 0 saturated heterocycles. The van der Waals surface area contributed by atoms with Crippen LogP contribution in [0.2, 0.25) is 0 Å². The van der Waals surface area contributed by atoms with E-state index in [1.165, 1.54) is 12.2 Å². The summed E-state index contributed by atoms with van der Waals surface area (Å²) in [6, 6.07) is 0. The molecule has 1 aliphatic rings. The van der Waals surface area contributed by atoms with Gasteiger partial charge in [-0.05, 0) is 12.2 Å². The van der Waals surface area contributed by atoms with Gasteiger partial charge in [0.15, 0.2) is 5.76 Å². The highest BCUT2D eigenvalue weighted by molar-refractivity contribution is 5.77. The molecule has 0 fully saturated rings. The van der Waals surface area contributed by atoms with Crippen molar-refractivity contribution in [2.75, 3.05) is 0 Å². The number of carbonyl (C=O) groups excluding carboxylic acids is 1. The van der Waals surface area contributed by atoms with Gasteiger partial charge in [-0.15, -0.1) is 0 Å². The van der Waals surface area contributed by atoms with Crippen molar-refractivity contribution in [2.24, 2.45) is 5.92 Å². The van der Waals surface area contributed by atoms with E-state index in [0.717, 1.165) is 6.08 Å². The summed E-state index contributed by atoms with van der Waals surface area (Å²) in [6.45, 7) is 0. The lowest BCUT2D eigenvalue weighted by Crippen LogP contribution is -2.19. The molecular formula is C9H9O4-. The number of carbonyl (C=O) groups is 1. The van der Waals surface area contributed by atoms with Crippen molar-refractivity contribution in [1.29, 1.82) is 0 Å². The third-order valence-corrected chi connectivity index (χ3v) is 1.71. The van der Waals surface area contributed by atoms with Crippen molar-refractivity contribution in [3.05, 3.63) is 35.8 Å². The highest BCUT2D eigenvalue weighted by Crippen LogP contribution is 2.20. The molecule has 1 atom stereocenters. The molecule has 0 bridgehead atoms. The minimum absolute atomic E-state index is 0.129. The first-order valence-corrected chi connectivity index (χ1v) is 3.78. The highest BCUT2D eigenvalue weighted by Gasteiger charge is 2.12. The number of carboxylic acid groups (broad SMARTS) is 1. The maximum atomic E-state index is 10.0. The zero-order chi connectivity index (χ0) is 9.84. The Hall–Kier alpha value is -1.71. The average molecular weight is 181 g/mol. The average Bonchev–Trinajstić information content (AvgIpc) is 2.07. The number of hydrogen-bond acceptors (Lipinski definition) is 4. The number of hydrogen-bond donors (Lipinski definition) is 2. The van der Waals surface area contributed by atoms with Crippen molar-refractivity contribution >= 4 is 5.97 Å². The van der Waals surface area contributed by atoms with E-state index >= 15 is 0 Å². The molecule has 13 heavy (non-hydrogen) atoms. The van der Waals surface area contributed by atoms with Crippen LogP contribution in [0.15, 0.2) is 35.8 Å². The standard InChI is InChI=1S/C9H10O4/c10-7-3-1-6(5-8(7)11)2-4-9(12)13/h1-4,6,10-11H,5H2,(H,12,13)/p-1. The Morgan fingerprint density at radius 2 is 2.31 bits per heavy atom. The van der Waals surface area contributed by atoms with Crippen molar-refractivity contribution in [2.45, 2.75) is 6.42 Å². The highest BCUT2D eigenvalue weighted by atomic mass is 16.4. The van der Waals surface area contributed by atoms with E-state index in [1.54, 1.807) is 6.08 Å². The fourth-order valence-electron chi connectivity index (χ4n) is 1.04. The second-order valence-electron chi connectivity index (χ2n) is 2.74. The lowest BCUT2D eigenvalue weighted by molar-refractivity contribution is -0.297. The van der Waals surface area contributed by atoms with Crippen LogP contribution >= 0.6 is 0 Å². The summed E-state index contributed by atoms with van der Waals surface area (Å²) in [6.07, 6.45) is 5.46. The Morgan fingerprint density at radius 3 is 2.85 bits per heavy atom. The van der Waals surface area contributed by atoms with E-state index in [9.17, 15) is 9.90 Å². The molecule has 0 aromatic carbocycles. The summed E-state index contributed by atoms with van der Waals surface area (Å²) in [5, 5.41) is 28.1. The van der Waals surface area contributed by atoms with Crippen LogP contribution in [0.3, 0.4) is 0 Å². The van der Waals surface area contributed by atoms with Gasteiger partial charge in [-0.25, -0.2) is 0 Å². The van der Waals surface area contributed by atoms with Crippen LogP contribution in [0.4, 0.5) is 0 Å². The van der Waals surface area contributed by atoms with Crippen LogP contribution in [0.5, 0.6) is 0 Å². The normalized spacial score (nSPS) is 22.6. The second-order valence-corrected chi connectivity index (χ2v) is 2.74. The molecule has 0 saturated carbocycles. The SMILES string of the molecule is O=C([O-])C=CC1C=CC(O)=C(O)C1. The van der Waals surface area contributed by atoms with Crippen LogP contribution in [0.1, 0.15) is 6.42 Å². The lowest BCUT2D eigenvalue weighted by atomic mass is 9.98. The molecule has 0 amide bonds. The fourth-order valence-corrected chi connectivity index (χ4v) is 1.04. The van der Waals surface area contributed by atoms with Crippen LogP contribution in [-0.2, 0) is 4.79 Å². The van der Waals surface area contributed by atoms with Crippen molar-refractivity contribution in [3.63, 3.8) is 0 Å². The lowest BCUT2D eigenvalue weighted by Gasteiger charge is -2.12. The minimum Gasteiger partial charge on any atom is -0.545 e. The van der Waals surface area contributed by atoms with Crippen molar-refractivity contribution in [1.82, 2.24) is 0 Å². The van der Waals surface area contributed by atoms with Crippen LogP contribution in [0.25, 0.3) is 0 Å². The number of carboxylic acids is 1. The molecule has 0 aromatic rings. The van der Waals surface area contributed by atoms with Gasteiger partial charge in [-0.3, -0.25) is 0 Å². The first-order chi connectivity index (χ1) is 6.09. The Morgan fingerprint density at radius 1 is 1.62 bits per heavy atom. The van der Waals surface area contributed by atoms with Gasteiger partial charge in [0.2, 0.25) is 0 Å². The number of aliphatic carboxylic acids is 1. The van der Waals surface area contributed by atoms with E-state index in [0.29, 0.717) is 0 Å². The van der Waals surface area contributed by atoms with E-state index in [4.69, 9.17) is 10.2 Å². The molecule has 0 spiro atoms. The van der Waals surface area contributed by atoms with Gasteiger partial charge in [0, 0.05) is 12.3 Å². The monoisotopic (exact) mass is 181 g/mol. The molecule has 0 aliphatic heterocycles.